The van der Waals surface area contributed by atoms with Crippen molar-refractivity contribution in [2.75, 3.05) is 32.5 Å². The minimum atomic E-state index is -0.589. The molecule has 9 nitrogen and oxygen atoms in total. The third-order valence-electron chi connectivity index (χ3n) is 6.67. The number of halogens is 1. The molecule has 1 aliphatic carbocycles. The zero-order chi connectivity index (χ0) is 27.1. The number of thiocarbonyl (C=S) groups is 1. The van der Waals surface area contributed by atoms with Crippen molar-refractivity contribution in [3.63, 3.8) is 0 Å². The highest BCUT2D eigenvalue weighted by Crippen LogP contribution is 2.35. The van der Waals surface area contributed by atoms with Gasteiger partial charge in [0.2, 0.25) is 5.95 Å². The predicted molar refractivity (Wildman–Crippen MR) is 149 cm³/mol. The second-order valence-electron chi connectivity index (χ2n) is 9.62. The van der Waals surface area contributed by atoms with Crippen LogP contribution in [0.15, 0.2) is 35.5 Å². The van der Waals surface area contributed by atoms with E-state index in [9.17, 15) is 14.0 Å². The Morgan fingerprint density at radius 3 is 2.71 bits per heavy atom. The first-order valence-corrected chi connectivity index (χ1v) is 13.3. The van der Waals surface area contributed by atoms with Gasteiger partial charge in [-0.2, -0.15) is 4.98 Å². The van der Waals surface area contributed by atoms with Crippen molar-refractivity contribution in [1.82, 2.24) is 24.8 Å². The Labute approximate surface area is 226 Å². The fraction of sp³-hybridized carbons (Fsp3) is 0.444. The van der Waals surface area contributed by atoms with Gasteiger partial charge in [0, 0.05) is 50.4 Å². The summed E-state index contributed by atoms with van der Waals surface area (Å²) < 4.78 is 16.9. The Hall–Kier alpha value is -3.69. The van der Waals surface area contributed by atoms with Crippen molar-refractivity contribution >= 4 is 51.9 Å². The Morgan fingerprint density at radius 1 is 1.21 bits per heavy atom. The van der Waals surface area contributed by atoms with E-state index in [4.69, 9.17) is 0 Å². The number of carbonyl (C=O) groups is 2. The molecule has 11 heteroatoms. The monoisotopic (exact) mass is 537 g/mol. The number of anilines is 2. The smallest absolute Gasteiger partial charge is 0.270 e. The fourth-order valence-corrected chi connectivity index (χ4v) is 4.81. The topological polar surface area (TPSA) is 105 Å². The third-order valence-corrected chi connectivity index (χ3v) is 6.79. The highest BCUT2D eigenvalue weighted by atomic mass is 32.1. The first-order valence-electron chi connectivity index (χ1n) is 12.9. The number of amides is 2. The molecule has 1 fully saturated rings. The van der Waals surface area contributed by atoms with Gasteiger partial charge in [0.15, 0.2) is 0 Å². The van der Waals surface area contributed by atoms with E-state index in [2.05, 4.69) is 43.0 Å². The zero-order valence-corrected chi connectivity index (χ0v) is 22.5. The molecule has 0 spiro atoms. The fourth-order valence-electron chi connectivity index (χ4n) is 4.71. The van der Waals surface area contributed by atoms with Crippen LogP contribution in [0.4, 0.5) is 16.0 Å². The lowest BCUT2D eigenvalue weighted by Gasteiger charge is -2.19. The molecule has 4 rings (SSSR count). The van der Waals surface area contributed by atoms with Gasteiger partial charge in [-0.05, 0) is 68.6 Å². The van der Waals surface area contributed by atoms with Crippen molar-refractivity contribution in [3.05, 3.63) is 47.5 Å². The van der Waals surface area contributed by atoms with Gasteiger partial charge in [-0.15, -0.1) is 0 Å². The molecule has 1 aliphatic rings. The summed E-state index contributed by atoms with van der Waals surface area (Å²) in [7, 11) is 3.45. The van der Waals surface area contributed by atoms with Crippen LogP contribution in [0.1, 0.15) is 71.8 Å². The Bertz CT molecular complexity index is 1360. The van der Waals surface area contributed by atoms with Gasteiger partial charge >= 0.3 is 0 Å². The van der Waals surface area contributed by atoms with E-state index in [1.807, 2.05) is 10.6 Å². The molecule has 0 saturated heterocycles. The molecule has 0 atom stereocenters. The molecule has 200 valence electrons. The molecule has 0 aliphatic heterocycles. The molecule has 2 N–H and O–H groups in total. The number of benzene rings is 1. The number of aliphatic imine (C=N–C) groups is 1. The van der Waals surface area contributed by atoms with Gasteiger partial charge in [0.05, 0.1) is 10.8 Å². The molecule has 1 saturated carbocycles. The second kappa shape index (κ2) is 12.7. The van der Waals surface area contributed by atoms with Crippen LogP contribution in [0.2, 0.25) is 0 Å². The number of fused-ring (bicyclic) bond motifs is 1. The van der Waals surface area contributed by atoms with E-state index in [0.29, 0.717) is 24.4 Å². The maximum atomic E-state index is 14.9. The molecule has 38 heavy (non-hydrogen) atoms. The van der Waals surface area contributed by atoms with E-state index in [0.717, 1.165) is 50.3 Å². The highest BCUT2D eigenvalue weighted by Gasteiger charge is 2.26. The molecular weight excluding hydrogens is 505 g/mol. The molecule has 2 aromatic heterocycles. The number of rotatable bonds is 11. The van der Waals surface area contributed by atoms with Gasteiger partial charge in [-0.25, -0.2) is 14.4 Å². The van der Waals surface area contributed by atoms with E-state index in [1.54, 1.807) is 31.3 Å². The molecule has 0 radical (unpaired) electrons. The summed E-state index contributed by atoms with van der Waals surface area (Å²) in [4.78, 5) is 39.7. The summed E-state index contributed by atoms with van der Waals surface area (Å²) in [5, 5.41) is 8.82. The number of nitrogens with zero attached hydrogens (tertiary/aromatic N) is 5. The molecule has 2 heterocycles. The lowest BCUT2D eigenvalue weighted by atomic mass is 10.1. The lowest BCUT2D eigenvalue weighted by molar-refractivity contribution is 0.0815. The van der Waals surface area contributed by atoms with Crippen molar-refractivity contribution in [2.45, 2.75) is 51.0 Å². The van der Waals surface area contributed by atoms with E-state index in [1.165, 1.54) is 12.1 Å². The number of carbonyl (C=O) groups excluding carboxylic acids is 2. The molecular formula is C27H32FN7O2S. The minimum absolute atomic E-state index is 0.0930. The largest absolute Gasteiger partial charge is 0.352 e. The van der Waals surface area contributed by atoms with E-state index in [-0.39, 0.29) is 35.1 Å². The summed E-state index contributed by atoms with van der Waals surface area (Å²) in [5.41, 5.74) is 1.61. The van der Waals surface area contributed by atoms with Crippen LogP contribution in [0.5, 0.6) is 0 Å². The van der Waals surface area contributed by atoms with E-state index < -0.39 is 5.82 Å². The first kappa shape index (κ1) is 27.3. The molecule has 0 unspecified atom stereocenters. The average Bonchev–Trinajstić information content (AvgIpc) is 3.56. The number of hydrogen-bond acceptors (Lipinski definition) is 7. The van der Waals surface area contributed by atoms with Gasteiger partial charge < -0.3 is 20.1 Å². The van der Waals surface area contributed by atoms with Crippen LogP contribution in [0.25, 0.3) is 11.0 Å². The maximum Gasteiger partial charge on any atom is 0.270 e. The Balaban J connectivity index is 1.47. The third kappa shape index (κ3) is 6.41. The number of aromatic nitrogens is 3. The van der Waals surface area contributed by atoms with Gasteiger partial charge in [0.1, 0.15) is 17.2 Å². The van der Waals surface area contributed by atoms with Crippen molar-refractivity contribution < 1.29 is 14.0 Å². The molecule has 2 amide bonds. The van der Waals surface area contributed by atoms with Crippen LogP contribution in [-0.4, -0.2) is 63.6 Å². The van der Waals surface area contributed by atoms with Crippen LogP contribution in [0.3, 0.4) is 0 Å². The SMILES string of the molecule is CN(C)C(=O)c1cc2cnc(Nc3ccc(C(=O)NCCCCCN=C=S)cc3F)nc2n1C1CCCC1. The normalized spacial score (nSPS) is 13.3. The highest BCUT2D eigenvalue weighted by molar-refractivity contribution is 7.78. The summed E-state index contributed by atoms with van der Waals surface area (Å²) >= 11 is 4.53. The van der Waals surface area contributed by atoms with Gasteiger partial charge in [-0.3, -0.25) is 9.59 Å². The maximum absolute atomic E-state index is 14.9. The molecule has 1 aromatic carbocycles. The first-order chi connectivity index (χ1) is 18.4. The summed E-state index contributed by atoms with van der Waals surface area (Å²) in [5.74, 6) is -0.802. The molecule has 0 bridgehead atoms. The predicted octanol–water partition coefficient (Wildman–Crippen LogP) is 5.13. The minimum Gasteiger partial charge on any atom is -0.352 e. The van der Waals surface area contributed by atoms with Crippen LogP contribution < -0.4 is 10.6 Å². The Kier molecular flexibility index (Phi) is 9.15. The van der Waals surface area contributed by atoms with Gasteiger partial charge in [-0.1, -0.05) is 12.8 Å². The summed E-state index contributed by atoms with van der Waals surface area (Å²) in [6, 6.07) is 6.25. The van der Waals surface area contributed by atoms with Crippen molar-refractivity contribution in [1.29, 1.82) is 0 Å². The van der Waals surface area contributed by atoms with Crippen molar-refractivity contribution in [2.24, 2.45) is 4.99 Å². The number of hydrogen-bond donors (Lipinski definition) is 2. The summed E-state index contributed by atoms with van der Waals surface area (Å²) in [6.45, 7) is 1.13. The lowest BCUT2D eigenvalue weighted by Crippen LogP contribution is -2.25. The zero-order valence-electron chi connectivity index (χ0n) is 21.7. The van der Waals surface area contributed by atoms with Crippen LogP contribution >= 0.6 is 12.2 Å². The molecule has 3 aromatic rings. The average molecular weight is 538 g/mol. The second-order valence-corrected chi connectivity index (χ2v) is 9.80. The van der Waals surface area contributed by atoms with Crippen molar-refractivity contribution in [3.8, 4) is 0 Å². The van der Waals surface area contributed by atoms with E-state index >= 15 is 0 Å². The van der Waals surface area contributed by atoms with Crippen LogP contribution in [0, 0.1) is 5.82 Å². The van der Waals surface area contributed by atoms with Gasteiger partial charge in [0.25, 0.3) is 11.8 Å². The van der Waals surface area contributed by atoms with Crippen LogP contribution in [-0.2, 0) is 0 Å². The number of isothiocyanates is 1. The quantitative estimate of drug-likeness (QED) is 0.200. The summed E-state index contributed by atoms with van der Waals surface area (Å²) in [6.07, 6.45) is 8.37. The Morgan fingerprint density at radius 2 is 2.00 bits per heavy atom. The number of unbranched alkanes of at least 4 members (excludes halogenated alkanes) is 2. The number of nitrogens with one attached hydrogen (secondary N) is 2. The standard InChI is InChI=1S/C27H32FN7O2S/c1-34(2)26(37)23-15-19-16-31-27(33-24(19)35(23)20-8-4-5-9-20)32-22-11-10-18(14-21(22)28)25(36)30-13-7-3-6-12-29-17-38/h10-11,14-16,20H,3-9,12-13H2,1-2H3,(H,30,36)(H,31,32,33).